The molecule has 104 valence electrons. The fourth-order valence-electron chi connectivity index (χ4n) is 2.06. The third kappa shape index (κ3) is 2.67. The molecule has 0 saturated heterocycles. The zero-order chi connectivity index (χ0) is 14.8. The van der Waals surface area contributed by atoms with E-state index in [1.54, 1.807) is 18.2 Å². The number of nitrogens with zero attached hydrogens (tertiary/aromatic N) is 2. The highest BCUT2D eigenvalue weighted by molar-refractivity contribution is 5.97. The van der Waals surface area contributed by atoms with Gasteiger partial charge in [0.1, 0.15) is 12.1 Å². The second-order valence-electron chi connectivity index (χ2n) is 4.75. The maximum absolute atomic E-state index is 11.0. The van der Waals surface area contributed by atoms with Crippen molar-refractivity contribution < 1.29 is 9.90 Å². The monoisotopic (exact) mass is 279 g/mol. The predicted molar refractivity (Wildman–Crippen MR) is 81.0 cm³/mol. The maximum atomic E-state index is 11.0. The van der Waals surface area contributed by atoms with Crippen molar-refractivity contribution in [1.82, 2.24) is 9.97 Å². The number of fused-ring (bicyclic) bond motifs is 1. The van der Waals surface area contributed by atoms with Crippen LogP contribution in [0.1, 0.15) is 15.9 Å². The van der Waals surface area contributed by atoms with Crippen molar-refractivity contribution in [2.24, 2.45) is 0 Å². The predicted octanol–water partition coefficient (Wildman–Crippen LogP) is 3.38. The van der Waals surface area contributed by atoms with Crippen molar-refractivity contribution in [2.75, 3.05) is 5.32 Å². The lowest BCUT2D eigenvalue weighted by Gasteiger charge is -2.09. The van der Waals surface area contributed by atoms with Crippen molar-refractivity contribution in [3.05, 3.63) is 59.9 Å². The molecule has 5 heteroatoms. The lowest BCUT2D eigenvalue weighted by molar-refractivity contribution is 0.0697. The average Bonchev–Trinajstić information content (AvgIpc) is 2.49. The highest BCUT2D eigenvalue weighted by Crippen LogP contribution is 2.23. The van der Waals surface area contributed by atoms with Gasteiger partial charge in [-0.3, -0.25) is 0 Å². The molecule has 2 N–H and O–H groups in total. The summed E-state index contributed by atoms with van der Waals surface area (Å²) in [6.07, 6.45) is 1.42. The largest absolute Gasteiger partial charge is 0.478 e. The number of aromatic carboxylic acids is 1. The molecule has 3 rings (SSSR count). The molecule has 0 spiro atoms. The lowest BCUT2D eigenvalue weighted by atomic mass is 10.1. The topological polar surface area (TPSA) is 75.1 Å². The molecule has 1 aromatic heterocycles. The molecule has 0 saturated carbocycles. The number of hydrogen-bond acceptors (Lipinski definition) is 4. The highest BCUT2D eigenvalue weighted by atomic mass is 16.4. The lowest BCUT2D eigenvalue weighted by Crippen LogP contribution is -1.99. The van der Waals surface area contributed by atoms with Crippen molar-refractivity contribution >= 4 is 28.4 Å². The summed E-state index contributed by atoms with van der Waals surface area (Å²) in [5.41, 5.74) is 2.91. The van der Waals surface area contributed by atoms with Gasteiger partial charge in [-0.15, -0.1) is 0 Å². The second-order valence-corrected chi connectivity index (χ2v) is 4.75. The summed E-state index contributed by atoms with van der Waals surface area (Å²) in [5.74, 6) is -0.315. The van der Waals surface area contributed by atoms with E-state index in [1.807, 2.05) is 31.2 Å². The molecule has 0 amide bonds. The van der Waals surface area contributed by atoms with Gasteiger partial charge >= 0.3 is 5.97 Å². The van der Waals surface area contributed by atoms with Crippen LogP contribution in [0.3, 0.4) is 0 Å². The Morgan fingerprint density at radius 2 is 1.86 bits per heavy atom. The fraction of sp³-hybridized carbons (Fsp3) is 0.0625. The van der Waals surface area contributed by atoms with Crippen LogP contribution in [0.2, 0.25) is 0 Å². The summed E-state index contributed by atoms with van der Waals surface area (Å²) in [4.78, 5) is 19.3. The summed E-state index contributed by atoms with van der Waals surface area (Å²) in [6, 6.07) is 12.8. The number of carbonyl (C=O) groups is 1. The van der Waals surface area contributed by atoms with Gasteiger partial charge < -0.3 is 10.4 Å². The molecule has 5 nitrogen and oxygen atoms in total. The Labute approximate surface area is 121 Å². The number of carboxylic acids is 1. The Balaban J connectivity index is 2.02. The van der Waals surface area contributed by atoms with Crippen LogP contribution in [-0.4, -0.2) is 21.0 Å². The first-order valence-electron chi connectivity index (χ1n) is 6.45. The van der Waals surface area contributed by atoms with Crippen LogP contribution >= 0.6 is 0 Å². The third-order valence-corrected chi connectivity index (χ3v) is 3.20. The molecule has 0 bridgehead atoms. The Hall–Kier alpha value is -2.95. The van der Waals surface area contributed by atoms with Gasteiger partial charge in [-0.1, -0.05) is 17.7 Å². The van der Waals surface area contributed by atoms with E-state index in [-0.39, 0.29) is 5.56 Å². The van der Waals surface area contributed by atoms with Crippen LogP contribution in [0.4, 0.5) is 11.5 Å². The van der Waals surface area contributed by atoms with Crippen LogP contribution in [0.5, 0.6) is 0 Å². The van der Waals surface area contributed by atoms with Gasteiger partial charge in [0.2, 0.25) is 0 Å². The van der Waals surface area contributed by atoms with E-state index in [9.17, 15) is 4.79 Å². The standard InChI is InChI=1S/C16H13N3O2/c1-10-2-5-12(6-3-10)19-15-13-7-4-11(16(20)21)8-14(13)17-9-18-15/h2-9H,1H3,(H,20,21)(H,17,18,19). The van der Waals surface area contributed by atoms with Crippen molar-refractivity contribution in [3.8, 4) is 0 Å². The third-order valence-electron chi connectivity index (χ3n) is 3.20. The molecule has 2 aromatic carbocycles. The molecule has 0 atom stereocenters. The molecule has 3 aromatic rings. The Morgan fingerprint density at radius 3 is 2.57 bits per heavy atom. The molecule has 21 heavy (non-hydrogen) atoms. The van der Waals surface area contributed by atoms with Gasteiger partial charge in [-0.25, -0.2) is 14.8 Å². The summed E-state index contributed by atoms with van der Waals surface area (Å²) < 4.78 is 0. The number of aryl methyl sites for hydroxylation is 1. The quantitative estimate of drug-likeness (QED) is 0.768. The average molecular weight is 279 g/mol. The van der Waals surface area contributed by atoms with Gasteiger partial charge in [0.05, 0.1) is 11.1 Å². The number of nitrogens with one attached hydrogen (secondary N) is 1. The van der Waals surface area contributed by atoms with E-state index in [0.717, 1.165) is 11.1 Å². The zero-order valence-corrected chi connectivity index (χ0v) is 11.4. The zero-order valence-electron chi connectivity index (χ0n) is 11.4. The number of rotatable bonds is 3. The Bertz CT molecular complexity index is 813. The molecular weight excluding hydrogens is 266 g/mol. The maximum Gasteiger partial charge on any atom is 0.335 e. The van der Waals surface area contributed by atoms with Gasteiger partial charge in [-0.05, 0) is 37.3 Å². The van der Waals surface area contributed by atoms with E-state index in [1.165, 1.54) is 11.9 Å². The molecule has 0 fully saturated rings. The molecule has 0 radical (unpaired) electrons. The van der Waals surface area contributed by atoms with Gasteiger partial charge in [-0.2, -0.15) is 0 Å². The first kappa shape index (κ1) is 13.1. The second kappa shape index (κ2) is 5.20. The summed E-state index contributed by atoms with van der Waals surface area (Å²) in [5, 5.41) is 13.0. The van der Waals surface area contributed by atoms with Gasteiger partial charge in [0.25, 0.3) is 0 Å². The number of aromatic nitrogens is 2. The van der Waals surface area contributed by atoms with Crippen LogP contribution in [0.15, 0.2) is 48.8 Å². The number of anilines is 2. The molecule has 1 heterocycles. The minimum atomic E-state index is -0.969. The molecule has 0 aliphatic heterocycles. The summed E-state index contributed by atoms with van der Waals surface area (Å²) in [6.45, 7) is 2.03. The smallest absolute Gasteiger partial charge is 0.335 e. The van der Waals surface area contributed by atoms with Crippen LogP contribution in [0, 0.1) is 6.92 Å². The Morgan fingerprint density at radius 1 is 1.10 bits per heavy atom. The number of hydrogen-bond donors (Lipinski definition) is 2. The summed E-state index contributed by atoms with van der Waals surface area (Å²) >= 11 is 0. The minimum Gasteiger partial charge on any atom is -0.478 e. The van der Waals surface area contributed by atoms with E-state index in [4.69, 9.17) is 5.11 Å². The van der Waals surface area contributed by atoms with Crippen molar-refractivity contribution in [3.63, 3.8) is 0 Å². The van der Waals surface area contributed by atoms with Crippen LogP contribution in [-0.2, 0) is 0 Å². The van der Waals surface area contributed by atoms with E-state index in [2.05, 4.69) is 15.3 Å². The van der Waals surface area contributed by atoms with Gasteiger partial charge in [0.15, 0.2) is 0 Å². The molecule has 0 unspecified atom stereocenters. The number of carboxylic acid groups (broad SMARTS) is 1. The highest BCUT2D eigenvalue weighted by Gasteiger charge is 2.08. The Kier molecular flexibility index (Phi) is 3.23. The van der Waals surface area contributed by atoms with E-state index >= 15 is 0 Å². The van der Waals surface area contributed by atoms with Crippen molar-refractivity contribution in [2.45, 2.75) is 6.92 Å². The van der Waals surface area contributed by atoms with E-state index < -0.39 is 5.97 Å². The normalized spacial score (nSPS) is 10.5. The molecule has 0 aliphatic carbocycles. The van der Waals surface area contributed by atoms with Crippen LogP contribution < -0.4 is 5.32 Å². The minimum absolute atomic E-state index is 0.211. The van der Waals surface area contributed by atoms with Crippen molar-refractivity contribution in [1.29, 1.82) is 0 Å². The molecule has 0 aliphatic rings. The SMILES string of the molecule is Cc1ccc(Nc2ncnc3cc(C(=O)O)ccc23)cc1. The van der Waals surface area contributed by atoms with E-state index in [0.29, 0.717) is 11.3 Å². The molecular formula is C16H13N3O2. The first-order valence-corrected chi connectivity index (χ1v) is 6.45. The van der Waals surface area contributed by atoms with Crippen LogP contribution in [0.25, 0.3) is 10.9 Å². The first-order chi connectivity index (χ1) is 10.1. The van der Waals surface area contributed by atoms with Gasteiger partial charge in [0, 0.05) is 11.1 Å². The number of benzene rings is 2. The summed E-state index contributed by atoms with van der Waals surface area (Å²) in [7, 11) is 0. The fourth-order valence-corrected chi connectivity index (χ4v) is 2.06.